The number of para-hydroxylation sites is 2. The van der Waals surface area contributed by atoms with E-state index in [-0.39, 0.29) is 12.4 Å². The van der Waals surface area contributed by atoms with E-state index in [1.807, 2.05) is 24.3 Å². The summed E-state index contributed by atoms with van der Waals surface area (Å²) in [6.45, 7) is 4.70. The summed E-state index contributed by atoms with van der Waals surface area (Å²) in [6.07, 6.45) is 2.51. The summed E-state index contributed by atoms with van der Waals surface area (Å²) in [7, 11) is 1.67. The van der Waals surface area contributed by atoms with E-state index in [0.717, 1.165) is 37.7 Å². The van der Waals surface area contributed by atoms with Crippen molar-refractivity contribution in [1.29, 1.82) is 0 Å². The predicted molar refractivity (Wildman–Crippen MR) is 84.0 cm³/mol. The molecule has 2 N–H and O–H groups in total. The van der Waals surface area contributed by atoms with E-state index in [1.54, 1.807) is 7.11 Å². The van der Waals surface area contributed by atoms with Crippen molar-refractivity contribution in [2.45, 2.75) is 12.8 Å². The minimum atomic E-state index is 0. The van der Waals surface area contributed by atoms with Gasteiger partial charge in [0.05, 0.1) is 7.11 Å². The van der Waals surface area contributed by atoms with Crippen molar-refractivity contribution in [3.05, 3.63) is 24.3 Å². The third kappa shape index (κ3) is 4.85. The molecule has 1 fully saturated rings. The standard InChI is InChI=1S/C15H24N2O2.ClH/c1-18-14-6-2-3-7-15(14)19-10-9-17-8-4-5-13(11-16)12-17;/h2-3,6-7,13H,4-5,8-12,16H2,1H3;1H. The van der Waals surface area contributed by atoms with Crippen LogP contribution < -0.4 is 15.2 Å². The molecule has 0 amide bonds. The zero-order valence-corrected chi connectivity index (χ0v) is 12.9. The van der Waals surface area contributed by atoms with Crippen molar-refractivity contribution in [3.63, 3.8) is 0 Å². The molecule has 1 aliphatic rings. The molecular weight excluding hydrogens is 276 g/mol. The van der Waals surface area contributed by atoms with Gasteiger partial charge >= 0.3 is 0 Å². The molecule has 114 valence electrons. The number of ether oxygens (including phenoxy) is 2. The minimum Gasteiger partial charge on any atom is -0.493 e. The van der Waals surface area contributed by atoms with Gasteiger partial charge in [-0.15, -0.1) is 12.4 Å². The Hall–Kier alpha value is -0.970. The lowest BCUT2D eigenvalue weighted by molar-refractivity contribution is 0.148. The smallest absolute Gasteiger partial charge is 0.161 e. The molecule has 0 radical (unpaired) electrons. The van der Waals surface area contributed by atoms with Crippen LogP contribution in [0.5, 0.6) is 11.5 Å². The maximum absolute atomic E-state index is 5.80. The van der Waals surface area contributed by atoms with E-state index < -0.39 is 0 Å². The average Bonchev–Trinajstić information content (AvgIpc) is 2.48. The number of nitrogens with zero attached hydrogens (tertiary/aromatic N) is 1. The van der Waals surface area contributed by atoms with Gasteiger partial charge < -0.3 is 15.2 Å². The molecule has 1 saturated heterocycles. The monoisotopic (exact) mass is 300 g/mol. The summed E-state index contributed by atoms with van der Waals surface area (Å²) in [5.41, 5.74) is 5.75. The molecule has 1 unspecified atom stereocenters. The Balaban J connectivity index is 0.00000200. The van der Waals surface area contributed by atoms with E-state index in [2.05, 4.69) is 4.90 Å². The van der Waals surface area contributed by atoms with E-state index in [1.165, 1.54) is 12.8 Å². The highest BCUT2D eigenvalue weighted by molar-refractivity contribution is 5.85. The normalized spacial score (nSPS) is 19.2. The number of hydrogen-bond donors (Lipinski definition) is 1. The van der Waals surface area contributed by atoms with Crippen molar-refractivity contribution in [2.75, 3.05) is 39.9 Å². The number of nitrogens with two attached hydrogens (primary N) is 1. The van der Waals surface area contributed by atoms with Gasteiger partial charge in [-0.1, -0.05) is 12.1 Å². The van der Waals surface area contributed by atoms with Gasteiger partial charge in [-0.3, -0.25) is 4.90 Å². The molecule has 0 aromatic heterocycles. The highest BCUT2D eigenvalue weighted by Gasteiger charge is 2.18. The van der Waals surface area contributed by atoms with Gasteiger partial charge in [0.1, 0.15) is 6.61 Å². The number of halogens is 1. The molecule has 0 bridgehead atoms. The number of piperidine rings is 1. The summed E-state index contributed by atoms with van der Waals surface area (Å²) in [5, 5.41) is 0. The summed E-state index contributed by atoms with van der Waals surface area (Å²) in [4.78, 5) is 2.44. The summed E-state index contributed by atoms with van der Waals surface area (Å²) in [6, 6.07) is 7.77. The fourth-order valence-corrected chi connectivity index (χ4v) is 2.57. The SMILES string of the molecule is COc1ccccc1OCCN1CCCC(CN)C1.Cl. The van der Waals surface area contributed by atoms with Crippen molar-refractivity contribution in [2.24, 2.45) is 11.7 Å². The van der Waals surface area contributed by atoms with Crippen molar-refractivity contribution < 1.29 is 9.47 Å². The van der Waals surface area contributed by atoms with E-state index in [4.69, 9.17) is 15.2 Å². The van der Waals surface area contributed by atoms with E-state index >= 15 is 0 Å². The van der Waals surface area contributed by atoms with Crippen LogP contribution in [0.15, 0.2) is 24.3 Å². The molecule has 0 saturated carbocycles. The highest BCUT2D eigenvalue weighted by Crippen LogP contribution is 2.25. The van der Waals surface area contributed by atoms with Crippen LogP contribution >= 0.6 is 12.4 Å². The summed E-state index contributed by atoms with van der Waals surface area (Å²) in [5.74, 6) is 2.26. The first-order valence-electron chi connectivity index (χ1n) is 7.01. The Kier molecular flexibility index (Phi) is 7.73. The molecule has 1 atom stereocenters. The molecule has 1 aromatic carbocycles. The van der Waals surface area contributed by atoms with Crippen LogP contribution in [0.25, 0.3) is 0 Å². The van der Waals surface area contributed by atoms with Gasteiger partial charge in [0.2, 0.25) is 0 Å². The van der Waals surface area contributed by atoms with Gasteiger partial charge in [0, 0.05) is 13.1 Å². The molecule has 0 spiro atoms. The largest absolute Gasteiger partial charge is 0.493 e. The lowest BCUT2D eigenvalue weighted by atomic mass is 9.98. The topological polar surface area (TPSA) is 47.7 Å². The number of benzene rings is 1. The number of hydrogen-bond acceptors (Lipinski definition) is 4. The van der Waals surface area contributed by atoms with Crippen LogP contribution in [-0.2, 0) is 0 Å². The van der Waals surface area contributed by atoms with Gasteiger partial charge in [-0.05, 0) is 44.0 Å². The molecule has 1 aliphatic heterocycles. The Bertz CT molecular complexity index is 390. The van der Waals surface area contributed by atoms with Gasteiger partial charge in [0.15, 0.2) is 11.5 Å². The Morgan fingerprint density at radius 2 is 2.05 bits per heavy atom. The maximum atomic E-state index is 5.80. The lowest BCUT2D eigenvalue weighted by Gasteiger charge is -2.31. The Labute approximate surface area is 127 Å². The van der Waals surface area contributed by atoms with Gasteiger partial charge in [0.25, 0.3) is 0 Å². The van der Waals surface area contributed by atoms with E-state index in [9.17, 15) is 0 Å². The molecule has 0 aliphatic carbocycles. The number of rotatable bonds is 6. The fourth-order valence-electron chi connectivity index (χ4n) is 2.57. The molecule has 1 aromatic rings. The zero-order chi connectivity index (χ0) is 13.5. The molecule has 4 nitrogen and oxygen atoms in total. The van der Waals surface area contributed by atoms with Crippen LogP contribution in [-0.4, -0.2) is 44.8 Å². The zero-order valence-electron chi connectivity index (χ0n) is 12.1. The van der Waals surface area contributed by atoms with E-state index in [0.29, 0.717) is 12.5 Å². The second kappa shape index (κ2) is 9.06. The Morgan fingerprint density at radius 1 is 1.30 bits per heavy atom. The van der Waals surface area contributed by atoms with Crippen LogP contribution in [0.1, 0.15) is 12.8 Å². The van der Waals surface area contributed by atoms with Crippen molar-refractivity contribution in [1.82, 2.24) is 4.90 Å². The minimum absolute atomic E-state index is 0. The molecular formula is C15H25ClN2O2. The van der Waals surface area contributed by atoms with Crippen LogP contribution in [0, 0.1) is 5.92 Å². The molecule has 1 heterocycles. The van der Waals surface area contributed by atoms with Crippen LogP contribution in [0.2, 0.25) is 0 Å². The fraction of sp³-hybridized carbons (Fsp3) is 0.600. The second-order valence-corrected chi connectivity index (χ2v) is 5.04. The lowest BCUT2D eigenvalue weighted by Crippen LogP contribution is -2.40. The first-order valence-corrected chi connectivity index (χ1v) is 7.01. The predicted octanol–water partition coefficient (Wildman–Crippen LogP) is 2.17. The number of methoxy groups -OCH3 is 1. The Morgan fingerprint density at radius 3 is 2.75 bits per heavy atom. The highest BCUT2D eigenvalue weighted by atomic mass is 35.5. The molecule has 2 rings (SSSR count). The number of likely N-dealkylation sites (tertiary alicyclic amines) is 1. The maximum Gasteiger partial charge on any atom is 0.161 e. The quantitative estimate of drug-likeness (QED) is 0.875. The van der Waals surface area contributed by atoms with Gasteiger partial charge in [-0.25, -0.2) is 0 Å². The third-order valence-corrected chi connectivity index (χ3v) is 3.67. The average molecular weight is 301 g/mol. The van der Waals surface area contributed by atoms with Crippen molar-refractivity contribution >= 4 is 12.4 Å². The molecule has 20 heavy (non-hydrogen) atoms. The van der Waals surface area contributed by atoms with Crippen LogP contribution in [0.4, 0.5) is 0 Å². The second-order valence-electron chi connectivity index (χ2n) is 5.04. The third-order valence-electron chi connectivity index (χ3n) is 3.67. The van der Waals surface area contributed by atoms with Gasteiger partial charge in [-0.2, -0.15) is 0 Å². The first kappa shape index (κ1) is 17.1. The van der Waals surface area contributed by atoms with Crippen molar-refractivity contribution in [3.8, 4) is 11.5 Å². The first-order chi connectivity index (χ1) is 9.33. The summed E-state index contributed by atoms with van der Waals surface area (Å²) < 4.78 is 11.1. The van der Waals surface area contributed by atoms with Crippen LogP contribution in [0.3, 0.4) is 0 Å². The summed E-state index contributed by atoms with van der Waals surface area (Å²) >= 11 is 0. The molecule has 5 heteroatoms.